The Bertz CT molecular complexity index is 824. The second kappa shape index (κ2) is 6.31. The van der Waals surface area contributed by atoms with E-state index in [1.165, 1.54) is 22.7 Å². The van der Waals surface area contributed by atoms with Crippen molar-refractivity contribution in [2.45, 2.75) is 82.1 Å². The van der Waals surface area contributed by atoms with Gasteiger partial charge in [0.2, 0.25) is 5.92 Å². The number of amides is 2. The van der Waals surface area contributed by atoms with Gasteiger partial charge in [-0.1, -0.05) is 0 Å². The lowest BCUT2D eigenvalue weighted by atomic mass is 10.0. The summed E-state index contributed by atoms with van der Waals surface area (Å²) in [5.74, 6) is -2.94. The molecular formula is C18H23F4N5O2. The summed E-state index contributed by atoms with van der Waals surface area (Å²) in [5.41, 5.74) is 0.269. The highest BCUT2D eigenvalue weighted by molar-refractivity contribution is 5.92. The van der Waals surface area contributed by atoms with Crippen LogP contribution >= 0.6 is 0 Å². The average molecular weight is 417 g/mol. The van der Waals surface area contributed by atoms with E-state index in [0.717, 1.165) is 26.2 Å². The lowest BCUT2D eigenvalue weighted by Gasteiger charge is -2.47. The number of piperidine rings is 1. The van der Waals surface area contributed by atoms with Crippen molar-refractivity contribution < 1.29 is 27.1 Å². The number of halogens is 4. The van der Waals surface area contributed by atoms with Crippen LogP contribution in [0.25, 0.3) is 0 Å². The first-order valence-electron chi connectivity index (χ1n) is 9.87. The van der Waals surface area contributed by atoms with Gasteiger partial charge in [-0.25, -0.2) is 23.2 Å². The normalized spacial score (nSPS) is 34.0. The molecule has 2 amide bonds. The molecule has 5 unspecified atom stereocenters. The number of aryl methyl sites for hydroxylation is 1. The molecule has 4 saturated heterocycles. The fourth-order valence-corrected chi connectivity index (χ4v) is 5.33. The fraction of sp³-hybridized carbons (Fsp3) is 0.778. The van der Waals surface area contributed by atoms with Crippen molar-refractivity contribution in [3.8, 4) is 0 Å². The van der Waals surface area contributed by atoms with Crippen LogP contribution in [0.1, 0.15) is 44.6 Å². The second-order valence-corrected chi connectivity index (χ2v) is 8.57. The fourth-order valence-electron chi connectivity index (χ4n) is 5.33. The summed E-state index contributed by atoms with van der Waals surface area (Å²) in [7, 11) is 1.48. The molecule has 7 nitrogen and oxygen atoms in total. The minimum Gasteiger partial charge on any atom is -0.373 e. The van der Waals surface area contributed by atoms with Gasteiger partial charge >= 0.3 is 12.6 Å². The van der Waals surface area contributed by atoms with Crippen LogP contribution < -0.4 is 4.90 Å². The SMILES string of the molecule is CN1C(=O)N(C(F)F)c2cc(CCC(C)(F)F)nn2C1N1C2CC3CC1C(C2)O3. The molecular weight excluding hydrogens is 394 g/mol. The van der Waals surface area contributed by atoms with Crippen LogP contribution in [0.4, 0.5) is 28.2 Å². The number of aromatic nitrogens is 2. The number of carbonyl (C=O) groups is 1. The first kappa shape index (κ1) is 19.1. The third-order valence-electron chi connectivity index (χ3n) is 6.51. The summed E-state index contributed by atoms with van der Waals surface area (Å²) in [6.45, 7) is -2.25. The highest BCUT2D eigenvalue weighted by atomic mass is 19.3. The zero-order valence-electron chi connectivity index (χ0n) is 16.1. The number of fused-ring (bicyclic) bond motifs is 1. The molecule has 0 radical (unpaired) electrons. The predicted octanol–water partition coefficient (Wildman–Crippen LogP) is 3.03. The highest BCUT2D eigenvalue weighted by Gasteiger charge is 2.58. The first-order chi connectivity index (χ1) is 13.6. The van der Waals surface area contributed by atoms with E-state index in [0.29, 0.717) is 4.90 Å². The Labute approximate surface area is 165 Å². The van der Waals surface area contributed by atoms with Crippen molar-refractivity contribution in [2.75, 3.05) is 11.9 Å². The van der Waals surface area contributed by atoms with Gasteiger partial charge in [0.15, 0.2) is 6.29 Å². The Balaban J connectivity index is 1.53. The molecule has 0 saturated carbocycles. The van der Waals surface area contributed by atoms with Crippen LogP contribution in [0.15, 0.2) is 6.07 Å². The molecule has 29 heavy (non-hydrogen) atoms. The van der Waals surface area contributed by atoms with Gasteiger partial charge in [0.25, 0.3) is 0 Å². The Morgan fingerprint density at radius 3 is 2.72 bits per heavy atom. The molecule has 4 bridgehead atoms. The van der Waals surface area contributed by atoms with Crippen molar-refractivity contribution in [1.29, 1.82) is 0 Å². The number of nitrogens with zero attached hydrogens (tertiary/aromatic N) is 5. The van der Waals surface area contributed by atoms with Gasteiger partial charge in [-0.3, -0.25) is 9.80 Å². The van der Waals surface area contributed by atoms with E-state index in [4.69, 9.17) is 4.74 Å². The number of ether oxygens (including phenoxy) is 1. The van der Waals surface area contributed by atoms with Gasteiger partial charge < -0.3 is 4.74 Å². The van der Waals surface area contributed by atoms with E-state index in [2.05, 4.69) is 10.00 Å². The minimum atomic E-state index is -3.06. The molecule has 1 aromatic rings. The summed E-state index contributed by atoms with van der Waals surface area (Å²) >= 11 is 0. The monoisotopic (exact) mass is 417 g/mol. The zero-order valence-corrected chi connectivity index (χ0v) is 16.1. The topological polar surface area (TPSA) is 53.8 Å². The van der Waals surface area contributed by atoms with Crippen LogP contribution in [-0.2, 0) is 11.2 Å². The molecule has 5 atom stereocenters. The van der Waals surface area contributed by atoms with Crippen molar-refractivity contribution in [2.24, 2.45) is 0 Å². The van der Waals surface area contributed by atoms with E-state index in [9.17, 15) is 22.4 Å². The number of anilines is 1. The van der Waals surface area contributed by atoms with E-state index in [1.54, 1.807) is 0 Å². The Morgan fingerprint density at radius 2 is 2.07 bits per heavy atom. The first-order valence-corrected chi connectivity index (χ1v) is 9.87. The van der Waals surface area contributed by atoms with Gasteiger partial charge in [-0.05, 0) is 32.6 Å². The molecule has 0 aliphatic carbocycles. The van der Waals surface area contributed by atoms with E-state index >= 15 is 0 Å². The number of urea groups is 1. The largest absolute Gasteiger partial charge is 0.373 e. The van der Waals surface area contributed by atoms with Gasteiger partial charge in [0.05, 0.1) is 17.9 Å². The smallest absolute Gasteiger partial charge is 0.332 e. The predicted molar refractivity (Wildman–Crippen MR) is 93.8 cm³/mol. The molecule has 5 aliphatic rings. The maximum atomic E-state index is 13.7. The number of hydrogen-bond donors (Lipinski definition) is 0. The zero-order chi connectivity index (χ0) is 20.7. The quantitative estimate of drug-likeness (QED) is 0.546. The van der Waals surface area contributed by atoms with Crippen LogP contribution in [0.2, 0.25) is 0 Å². The average Bonchev–Trinajstić information content (AvgIpc) is 3.23. The third kappa shape index (κ3) is 2.92. The lowest BCUT2D eigenvalue weighted by molar-refractivity contribution is -0.0496. The number of rotatable bonds is 5. The highest BCUT2D eigenvalue weighted by Crippen LogP contribution is 2.50. The molecule has 0 N–H and O–H groups in total. The summed E-state index contributed by atoms with van der Waals surface area (Å²) in [6.07, 6.45) is 1.61. The molecule has 1 aromatic heterocycles. The van der Waals surface area contributed by atoms with Crippen LogP contribution in [0.3, 0.4) is 0 Å². The standard InChI is InChI=1S/C18H23F4N5O2/c1-18(21,22)4-3-9-5-14-26(15(19)20)17(28)24(2)16(27(14)23-9)25-10-6-11-8-12(25)13(7-10)29-11/h5,10-13,15-16H,3-4,6-8H2,1-2H3. The molecule has 160 valence electrons. The van der Waals surface area contributed by atoms with Crippen LogP contribution in [0, 0.1) is 0 Å². The van der Waals surface area contributed by atoms with Crippen molar-refractivity contribution in [3.05, 3.63) is 11.8 Å². The summed E-state index contributed by atoms with van der Waals surface area (Å²) in [4.78, 5) is 16.6. The van der Waals surface area contributed by atoms with Gasteiger partial charge in [-0.15, -0.1) is 0 Å². The molecule has 11 heteroatoms. The summed E-state index contributed by atoms with van der Waals surface area (Å²) in [5, 5.41) is 4.40. The van der Waals surface area contributed by atoms with Crippen molar-refractivity contribution >= 4 is 11.8 Å². The number of alkyl halides is 4. The molecule has 6 rings (SSSR count). The Kier molecular flexibility index (Phi) is 4.16. The van der Waals surface area contributed by atoms with Gasteiger partial charge in [0.1, 0.15) is 5.82 Å². The molecule has 4 fully saturated rings. The lowest BCUT2D eigenvalue weighted by Crippen LogP contribution is -2.60. The number of carbonyl (C=O) groups excluding carboxylic acids is 1. The number of hydrogen-bond acceptors (Lipinski definition) is 4. The van der Waals surface area contributed by atoms with Gasteiger partial charge in [-0.2, -0.15) is 13.9 Å². The Morgan fingerprint density at radius 1 is 1.31 bits per heavy atom. The molecule has 0 aromatic carbocycles. The molecule has 0 spiro atoms. The second-order valence-electron chi connectivity index (χ2n) is 8.57. The Hall–Kier alpha value is -1.88. The van der Waals surface area contributed by atoms with Crippen molar-refractivity contribution in [1.82, 2.24) is 19.6 Å². The summed E-state index contributed by atoms with van der Waals surface area (Å²) < 4.78 is 61.4. The van der Waals surface area contributed by atoms with Gasteiger partial charge in [0, 0.05) is 31.6 Å². The van der Waals surface area contributed by atoms with E-state index in [-0.39, 0.29) is 42.2 Å². The van der Waals surface area contributed by atoms with E-state index in [1.807, 2.05) is 0 Å². The van der Waals surface area contributed by atoms with Crippen molar-refractivity contribution in [3.63, 3.8) is 0 Å². The van der Waals surface area contributed by atoms with E-state index < -0.39 is 31.2 Å². The van der Waals surface area contributed by atoms with Crippen LogP contribution in [-0.4, -0.2) is 69.4 Å². The molecule has 6 heterocycles. The maximum absolute atomic E-state index is 13.7. The maximum Gasteiger partial charge on any atom is 0.332 e. The minimum absolute atomic E-state index is 0.0549. The molecule has 5 aliphatic heterocycles. The summed E-state index contributed by atoms with van der Waals surface area (Å²) in [6, 6.07) is 0.773. The van der Waals surface area contributed by atoms with Crippen LogP contribution in [0.5, 0.6) is 0 Å². The third-order valence-corrected chi connectivity index (χ3v) is 6.51.